The summed E-state index contributed by atoms with van der Waals surface area (Å²) in [6.07, 6.45) is 2.32. The van der Waals surface area contributed by atoms with Crippen LogP contribution in [0.2, 0.25) is 0 Å². The van der Waals surface area contributed by atoms with E-state index in [-0.39, 0.29) is 6.04 Å². The first-order valence-corrected chi connectivity index (χ1v) is 5.05. The van der Waals surface area contributed by atoms with Gasteiger partial charge in [0.15, 0.2) is 0 Å². The predicted octanol–water partition coefficient (Wildman–Crippen LogP) is 2.35. The Kier molecular flexibility index (Phi) is 4.58. The molecule has 1 aromatic rings. The summed E-state index contributed by atoms with van der Waals surface area (Å²) in [7, 11) is 0. The molecule has 0 aliphatic rings. The van der Waals surface area contributed by atoms with Gasteiger partial charge in [0.05, 0.1) is 12.6 Å². The second-order valence-electron chi connectivity index (χ2n) is 3.35. The van der Waals surface area contributed by atoms with E-state index in [0.717, 1.165) is 17.7 Å². The highest BCUT2D eigenvalue weighted by Crippen LogP contribution is 2.13. The van der Waals surface area contributed by atoms with Gasteiger partial charge in [-0.15, -0.1) is 0 Å². The van der Waals surface area contributed by atoms with E-state index in [1.807, 2.05) is 38.1 Å². The van der Waals surface area contributed by atoms with Crippen molar-refractivity contribution < 1.29 is 9.53 Å². The standard InChI is InChI=1S/C12H15NO2/c1-3-15-12-6-4-11(5-7-12)8-10(2)13-9-14/h4-7,10H,3,8H2,1-2H3. The molecule has 15 heavy (non-hydrogen) atoms. The van der Waals surface area contributed by atoms with Gasteiger partial charge in [-0.25, -0.2) is 9.79 Å². The molecular weight excluding hydrogens is 190 g/mol. The van der Waals surface area contributed by atoms with E-state index in [9.17, 15) is 4.79 Å². The van der Waals surface area contributed by atoms with Crippen LogP contribution in [0.1, 0.15) is 19.4 Å². The Balaban J connectivity index is 2.59. The van der Waals surface area contributed by atoms with Gasteiger partial charge in [0.2, 0.25) is 6.08 Å². The van der Waals surface area contributed by atoms with Crippen molar-refractivity contribution in [2.75, 3.05) is 6.61 Å². The molecule has 3 heteroatoms. The number of hydrogen-bond donors (Lipinski definition) is 0. The Bertz CT molecular complexity index is 339. The Morgan fingerprint density at radius 1 is 1.40 bits per heavy atom. The number of aliphatic imine (C=N–C) groups is 1. The summed E-state index contributed by atoms with van der Waals surface area (Å²) >= 11 is 0. The molecule has 0 aromatic heterocycles. The largest absolute Gasteiger partial charge is 0.494 e. The fraction of sp³-hybridized carbons (Fsp3) is 0.417. The van der Waals surface area contributed by atoms with Crippen LogP contribution in [-0.4, -0.2) is 18.7 Å². The van der Waals surface area contributed by atoms with E-state index in [2.05, 4.69) is 4.99 Å². The van der Waals surface area contributed by atoms with Crippen LogP contribution in [-0.2, 0) is 11.2 Å². The van der Waals surface area contributed by atoms with Crippen LogP contribution in [0.15, 0.2) is 29.3 Å². The van der Waals surface area contributed by atoms with Crippen LogP contribution in [0, 0.1) is 0 Å². The Hall–Kier alpha value is -1.60. The van der Waals surface area contributed by atoms with Gasteiger partial charge in [0, 0.05) is 0 Å². The van der Waals surface area contributed by atoms with Gasteiger partial charge in [-0.05, 0) is 38.0 Å². The summed E-state index contributed by atoms with van der Waals surface area (Å²) in [5.74, 6) is 0.868. The molecule has 0 fully saturated rings. The van der Waals surface area contributed by atoms with Crippen LogP contribution in [0.25, 0.3) is 0 Å². The van der Waals surface area contributed by atoms with Gasteiger partial charge in [-0.3, -0.25) is 0 Å². The van der Waals surface area contributed by atoms with E-state index < -0.39 is 0 Å². The van der Waals surface area contributed by atoms with Crippen LogP contribution in [0.5, 0.6) is 5.75 Å². The minimum absolute atomic E-state index is 0.0135. The maximum Gasteiger partial charge on any atom is 0.235 e. The van der Waals surface area contributed by atoms with Gasteiger partial charge in [0.1, 0.15) is 5.75 Å². The smallest absolute Gasteiger partial charge is 0.235 e. The zero-order valence-corrected chi connectivity index (χ0v) is 9.06. The van der Waals surface area contributed by atoms with Crippen molar-refractivity contribution in [3.05, 3.63) is 29.8 Å². The molecule has 0 amide bonds. The normalized spacial score (nSPS) is 11.6. The molecule has 0 N–H and O–H groups in total. The molecule has 0 heterocycles. The molecule has 1 unspecified atom stereocenters. The fourth-order valence-corrected chi connectivity index (χ4v) is 1.37. The van der Waals surface area contributed by atoms with Crippen LogP contribution in [0.4, 0.5) is 0 Å². The first-order chi connectivity index (χ1) is 7.26. The van der Waals surface area contributed by atoms with Crippen molar-refractivity contribution in [1.29, 1.82) is 0 Å². The lowest BCUT2D eigenvalue weighted by Gasteiger charge is -2.06. The highest BCUT2D eigenvalue weighted by molar-refractivity contribution is 5.34. The maximum atomic E-state index is 10.0. The zero-order valence-electron chi connectivity index (χ0n) is 9.06. The van der Waals surface area contributed by atoms with Crippen molar-refractivity contribution >= 4 is 6.08 Å². The van der Waals surface area contributed by atoms with Crippen molar-refractivity contribution in [3.8, 4) is 5.75 Å². The van der Waals surface area contributed by atoms with Crippen LogP contribution < -0.4 is 4.74 Å². The summed E-state index contributed by atoms with van der Waals surface area (Å²) in [4.78, 5) is 13.7. The number of nitrogens with zero attached hydrogens (tertiary/aromatic N) is 1. The third-order valence-electron chi connectivity index (χ3n) is 2.04. The molecule has 1 atom stereocenters. The van der Waals surface area contributed by atoms with Crippen LogP contribution in [0.3, 0.4) is 0 Å². The lowest BCUT2D eigenvalue weighted by atomic mass is 10.1. The van der Waals surface area contributed by atoms with E-state index in [1.54, 1.807) is 6.08 Å². The molecule has 1 rings (SSSR count). The third kappa shape index (κ3) is 3.96. The van der Waals surface area contributed by atoms with Crippen molar-refractivity contribution in [1.82, 2.24) is 0 Å². The van der Waals surface area contributed by atoms with Crippen molar-refractivity contribution in [2.45, 2.75) is 26.3 Å². The highest BCUT2D eigenvalue weighted by atomic mass is 16.5. The predicted molar refractivity (Wildman–Crippen MR) is 58.9 cm³/mol. The summed E-state index contributed by atoms with van der Waals surface area (Å²) in [5.41, 5.74) is 1.14. The maximum absolute atomic E-state index is 10.0. The Morgan fingerprint density at radius 2 is 2.07 bits per heavy atom. The number of isocyanates is 1. The average molecular weight is 205 g/mol. The Morgan fingerprint density at radius 3 is 2.60 bits per heavy atom. The molecule has 0 saturated carbocycles. The molecule has 80 valence electrons. The quantitative estimate of drug-likeness (QED) is 0.546. The molecule has 3 nitrogen and oxygen atoms in total. The number of benzene rings is 1. The highest BCUT2D eigenvalue weighted by Gasteiger charge is 2.01. The Labute approximate surface area is 89.8 Å². The second kappa shape index (κ2) is 5.99. The molecule has 0 bridgehead atoms. The molecule has 0 radical (unpaired) electrons. The van der Waals surface area contributed by atoms with E-state index in [4.69, 9.17) is 4.74 Å². The van der Waals surface area contributed by atoms with Crippen LogP contribution >= 0.6 is 0 Å². The van der Waals surface area contributed by atoms with Crippen molar-refractivity contribution in [2.24, 2.45) is 4.99 Å². The van der Waals surface area contributed by atoms with Gasteiger partial charge in [-0.1, -0.05) is 12.1 Å². The SMILES string of the molecule is CCOc1ccc(CC(C)N=C=O)cc1. The average Bonchev–Trinajstić information content (AvgIpc) is 2.22. The zero-order chi connectivity index (χ0) is 11.1. The minimum Gasteiger partial charge on any atom is -0.494 e. The first-order valence-electron chi connectivity index (χ1n) is 5.05. The lowest BCUT2D eigenvalue weighted by Crippen LogP contribution is -2.02. The molecule has 1 aromatic carbocycles. The van der Waals surface area contributed by atoms with E-state index >= 15 is 0 Å². The molecular formula is C12H15NO2. The first kappa shape index (κ1) is 11.5. The number of ether oxygens (including phenoxy) is 1. The summed E-state index contributed by atoms with van der Waals surface area (Å²) in [6.45, 7) is 4.52. The second-order valence-corrected chi connectivity index (χ2v) is 3.35. The molecule has 0 saturated heterocycles. The number of rotatable bonds is 5. The topological polar surface area (TPSA) is 38.7 Å². The summed E-state index contributed by atoms with van der Waals surface area (Å²) in [5, 5.41) is 0. The molecule has 0 aliphatic heterocycles. The minimum atomic E-state index is -0.0135. The lowest BCUT2D eigenvalue weighted by molar-refractivity contribution is 0.340. The van der Waals surface area contributed by atoms with E-state index in [0.29, 0.717) is 6.61 Å². The van der Waals surface area contributed by atoms with Gasteiger partial charge >= 0.3 is 0 Å². The number of hydrogen-bond acceptors (Lipinski definition) is 3. The van der Waals surface area contributed by atoms with Gasteiger partial charge in [0.25, 0.3) is 0 Å². The van der Waals surface area contributed by atoms with Crippen molar-refractivity contribution in [3.63, 3.8) is 0 Å². The summed E-state index contributed by atoms with van der Waals surface area (Å²) < 4.78 is 5.33. The molecule has 0 aliphatic carbocycles. The van der Waals surface area contributed by atoms with Gasteiger partial charge in [-0.2, -0.15) is 0 Å². The monoisotopic (exact) mass is 205 g/mol. The summed E-state index contributed by atoms with van der Waals surface area (Å²) in [6, 6.07) is 7.82. The molecule has 0 spiro atoms. The van der Waals surface area contributed by atoms with E-state index in [1.165, 1.54) is 0 Å². The number of carbonyl (C=O) groups excluding carboxylic acids is 1. The fourth-order valence-electron chi connectivity index (χ4n) is 1.37. The third-order valence-corrected chi connectivity index (χ3v) is 2.04. The van der Waals surface area contributed by atoms with Gasteiger partial charge < -0.3 is 4.74 Å².